The second-order valence-electron chi connectivity index (χ2n) is 4.58. The van der Waals surface area contributed by atoms with E-state index in [9.17, 15) is 0 Å². The highest BCUT2D eigenvalue weighted by molar-refractivity contribution is 5.42. The van der Waals surface area contributed by atoms with Crippen LogP contribution in [0.25, 0.3) is 0 Å². The Kier molecular flexibility index (Phi) is 4.96. The molecule has 0 fully saturated rings. The fourth-order valence-electron chi connectivity index (χ4n) is 2.01. The van der Waals surface area contributed by atoms with Crippen molar-refractivity contribution < 1.29 is 9.47 Å². The van der Waals surface area contributed by atoms with E-state index in [1.54, 1.807) is 20.4 Å². The molecular weight excluding hydrogens is 252 g/mol. The number of hydrogen-bond acceptors (Lipinski definition) is 4. The summed E-state index contributed by atoms with van der Waals surface area (Å²) in [5.74, 6) is 1.50. The van der Waals surface area contributed by atoms with Gasteiger partial charge in [0, 0.05) is 25.0 Å². The highest BCUT2D eigenvalue weighted by Gasteiger charge is 2.07. The van der Waals surface area contributed by atoms with Crippen LogP contribution in [0.2, 0.25) is 0 Å². The molecule has 0 amide bonds. The van der Waals surface area contributed by atoms with Crippen LogP contribution in [0, 0.1) is 0 Å². The van der Waals surface area contributed by atoms with Crippen LogP contribution in [0.5, 0.6) is 11.5 Å². The highest BCUT2D eigenvalue weighted by Crippen LogP contribution is 2.27. The summed E-state index contributed by atoms with van der Waals surface area (Å²) in [7, 11) is 3.29. The topological polar surface area (TPSA) is 43.4 Å². The molecule has 20 heavy (non-hydrogen) atoms. The Bertz CT molecular complexity index is 543. The molecule has 0 aliphatic rings. The molecule has 0 saturated heterocycles. The molecule has 0 aliphatic carbocycles. The van der Waals surface area contributed by atoms with Gasteiger partial charge in [0.2, 0.25) is 0 Å². The summed E-state index contributed by atoms with van der Waals surface area (Å²) in [6, 6.07) is 10.2. The Morgan fingerprint density at radius 1 is 1.15 bits per heavy atom. The van der Waals surface area contributed by atoms with Gasteiger partial charge in [0.25, 0.3) is 0 Å². The number of nitrogens with one attached hydrogen (secondary N) is 1. The van der Waals surface area contributed by atoms with E-state index < -0.39 is 0 Å². The maximum atomic E-state index is 5.31. The molecule has 0 bridgehead atoms. The summed E-state index contributed by atoms with van der Waals surface area (Å²) in [6.07, 6.45) is 3.66. The van der Waals surface area contributed by atoms with Crippen LogP contribution in [0.1, 0.15) is 24.1 Å². The maximum Gasteiger partial charge on any atom is 0.161 e. The number of aromatic nitrogens is 1. The Balaban J connectivity index is 2.00. The molecule has 2 rings (SSSR count). The molecule has 0 spiro atoms. The molecule has 1 heterocycles. The van der Waals surface area contributed by atoms with Gasteiger partial charge in [-0.25, -0.2) is 0 Å². The lowest BCUT2D eigenvalue weighted by molar-refractivity contribution is 0.354. The Labute approximate surface area is 119 Å². The average molecular weight is 272 g/mol. The van der Waals surface area contributed by atoms with E-state index in [2.05, 4.69) is 23.3 Å². The Morgan fingerprint density at radius 2 is 1.95 bits per heavy atom. The van der Waals surface area contributed by atoms with Gasteiger partial charge < -0.3 is 14.8 Å². The first-order chi connectivity index (χ1) is 9.74. The lowest BCUT2D eigenvalue weighted by Crippen LogP contribution is -2.18. The molecule has 1 aromatic heterocycles. The first-order valence-electron chi connectivity index (χ1n) is 6.59. The molecule has 2 aromatic rings. The molecule has 4 nitrogen and oxygen atoms in total. The van der Waals surface area contributed by atoms with Crippen molar-refractivity contribution in [1.82, 2.24) is 10.3 Å². The smallest absolute Gasteiger partial charge is 0.161 e. The summed E-state index contributed by atoms with van der Waals surface area (Å²) >= 11 is 0. The van der Waals surface area contributed by atoms with E-state index in [4.69, 9.17) is 9.47 Å². The summed E-state index contributed by atoms with van der Waals surface area (Å²) in [5.41, 5.74) is 2.33. The summed E-state index contributed by atoms with van der Waals surface area (Å²) in [4.78, 5) is 4.13. The largest absolute Gasteiger partial charge is 0.493 e. The first kappa shape index (κ1) is 14.3. The van der Waals surface area contributed by atoms with Crippen LogP contribution in [-0.4, -0.2) is 19.2 Å². The van der Waals surface area contributed by atoms with E-state index in [1.165, 1.54) is 5.56 Å². The number of hydrogen-bond donors (Lipinski definition) is 1. The van der Waals surface area contributed by atoms with Gasteiger partial charge in [0.05, 0.1) is 14.2 Å². The molecule has 1 N–H and O–H groups in total. The predicted octanol–water partition coefficient (Wildman–Crippen LogP) is 2.95. The van der Waals surface area contributed by atoms with Gasteiger partial charge in [0.15, 0.2) is 11.5 Å². The number of pyridine rings is 1. The number of methoxy groups -OCH3 is 2. The van der Waals surface area contributed by atoms with E-state index in [-0.39, 0.29) is 6.04 Å². The molecule has 0 aliphatic heterocycles. The predicted molar refractivity (Wildman–Crippen MR) is 79.0 cm³/mol. The van der Waals surface area contributed by atoms with Crippen molar-refractivity contribution in [3.8, 4) is 11.5 Å². The van der Waals surface area contributed by atoms with Gasteiger partial charge >= 0.3 is 0 Å². The van der Waals surface area contributed by atoms with Crippen LogP contribution < -0.4 is 14.8 Å². The van der Waals surface area contributed by atoms with Gasteiger partial charge in [-0.3, -0.25) is 4.98 Å². The molecule has 1 atom stereocenters. The molecule has 0 unspecified atom stereocenters. The molecule has 0 radical (unpaired) electrons. The van der Waals surface area contributed by atoms with Crippen LogP contribution in [0.4, 0.5) is 0 Å². The average Bonchev–Trinajstić information content (AvgIpc) is 2.53. The quantitative estimate of drug-likeness (QED) is 0.878. The lowest BCUT2D eigenvalue weighted by Gasteiger charge is -2.15. The summed E-state index contributed by atoms with van der Waals surface area (Å²) in [5, 5.41) is 3.47. The molecule has 0 saturated carbocycles. The fourth-order valence-corrected chi connectivity index (χ4v) is 2.01. The second-order valence-corrected chi connectivity index (χ2v) is 4.58. The van der Waals surface area contributed by atoms with Crippen LogP contribution in [-0.2, 0) is 6.54 Å². The van der Waals surface area contributed by atoms with Crippen molar-refractivity contribution in [2.75, 3.05) is 14.2 Å². The van der Waals surface area contributed by atoms with Crippen LogP contribution in [0.3, 0.4) is 0 Å². The normalized spacial score (nSPS) is 11.9. The minimum atomic E-state index is 0.247. The van der Waals surface area contributed by atoms with Crippen molar-refractivity contribution in [2.45, 2.75) is 19.5 Å². The molecule has 1 aromatic carbocycles. The number of rotatable bonds is 6. The minimum Gasteiger partial charge on any atom is -0.493 e. The molecule has 106 valence electrons. The monoisotopic (exact) mass is 272 g/mol. The third-order valence-corrected chi connectivity index (χ3v) is 3.24. The number of nitrogens with zero attached hydrogens (tertiary/aromatic N) is 1. The third kappa shape index (κ3) is 3.48. The van der Waals surface area contributed by atoms with E-state index in [1.807, 2.05) is 30.5 Å². The van der Waals surface area contributed by atoms with Crippen molar-refractivity contribution in [3.63, 3.8) is 0 Å². The van der Waals surface area contributed by atoms with Gasteiger partial charge in [-0.15, -0.1) is 0 Å². The maximum absolute atomic E-state index is 5.31. The highest BCUT2D eigenvalue weighted by atomic mass is 16.5. The van der Waals surface area contributed by atoms with Crippen molar-refractivity contribution >= 4 is 0 Å². The zero-order valence-corrected chi connectivity index (χ0v) is 12.1. The van der Waals surface area contributed by atoms with Gasteiger partial charge in [0.1, 0.15) is 0 Å². The van der Waals surface area contributed by atoms with Gasteiger partial charge in [-0.1, -0.05) is 12.1 Å². The molecule has 4 heteroatoms. The SMILES string of the molecule is COc1ccc(CN[C@@H](C)c2cccnc2)cc1OC. The lowest BCUT2D eigenvalue weighted by atomic mass is 10.1. The standard InChI is InChI=1S/C16H20N2O2/c1-12(14-5-4-8-17-11-14)18-10-13-6-7-15(19-2)16(9-13)20-3/h4-9,11-12,18H,10H2,1-3H3/t12-/m0/s1. The number of ether oxygens (including phenoxy) is 2. The van der Waals surface area contributed by atoms with Gasteiger partial charge in [-0.05, 0) is 36.2 Å². The summed E-state index contributed by atoms with van der Waals surface area (Å²) < 4.78 is 10.5. The zero-order valence-electron chi connectivity index (χ0n) is 12.1. The van der Waals surface area contributed by atoms with Crippen molar-refractivity contribution in [2.24, 2.45) is 0 Å². The Hall–Kier alpha value is -2.07. The minimum absolute atomic E-state index is 0.247. The first-order valence-corrected chi connectivity index (χ1v) is 6.59. The van der Waals surface area contributed by atoms with E-state index >= 15 is 0 Å². The second kappa shape index (κ2) is 6.91. The van der Waals surface area contributed by atoms with Crippen LogP contribution >= 0.6 is 0 Å². The van der Waals surface area contributed by atoms with Crippen molar-refractivity contribution in [1.29, 1.82) is 0 Å². The van der Waals surface area contributed by atoms with Gasteiger partial charge in [-0.2, -0.15) is 0 Å². The third-order valence-electron chi connectivity index (χ3n) is 3.24. The summed E-state index contributed by atoms with van der Waals surface area (Å²) in [6.45, 7) is 2.88. The van der Waals surface area contributed by atoms with E-state index in [0.29, 0.717) is 0 Å². The Morgan fingerprint density at radius 3 is 2.60 bits per heavy atom. The van der Waals surface area contributed by atoms with E-state index in [0.717, 1.165) is 23.6 Å². The van der Waals surface area contributed by atoms with Crippen LogP contribution in [0.15, 0.2) is 42.7 Å². The molecular formula is C16H20N2O2. The fraction of sp³-hybridized carbons (Fsp3) is 0.312. The van der Waals surface area contributed by atoms with Crippen molar-refractivity contribution in [3.05, 3.63) is 53.9 Å². The zero-order chi connectivity index (χ0) is 14.4. The number of benzene rings is 1.